The zero-order valence-corrected chi connectivity index (χ0v) is 12.2. The summed E-state index contributed by atoms with van der Waals surface area (Å²) < 4.78 is 4.69. The lowest BCUT2D eigenvalue weighted by Gasteiger charge is -2.42. The molecule has 1 saturated heterocycles. The van der Waals surface area contributed by atoms with Crippen LogP contribution >= 0.6 is 12.2 Å². The second kappa shape index (κ2) is 5.96. The van der Waals surface area contributed by atoms with Gasteiger partial charge in [-0.05, 0) is 12.2 Å². The molecule has 0 saturated carbocycles. The highest BCUT2D eigenvalue weighted by Crippen LogP contribution is 2.32. The summed E-state index contributed by atoms with van der Waals surface area (Å²) in [6, 6.07) is 1.75. The number of nitriles is 1. The average Bonchev–Trinajstić information content (AvgIpc) is 2.43. The number of methoxy groups -OCH3 is 1. The van der Waals surface area contributed by atoms with E-state index in [-0.39, 0.29) is 17.3 Å². The largest absolute Gasteiger partial charge is 0.467 e. The summed E-state index contributed by atoms with van der Waals surface area (Å²) in [6.07, 6.45) is 0.161. The van der Waals surface area contributed by atoms with Crippen molar-refractivity contribution in [2.75, 3.05) is 7.11 Å². The van der Waals surface area contributed by atoms with Crippen LogP contribution in [0.3, 0.4) is 0 Å². The lowest BCUT2D eigenvalue weighted by atomic mass is 9.71. The van der Waals surface area contributed by atoms with Crippen molar-refractivity contribution in [2.24, 2.45) is 11.8 Å². The molecule has 0 spiro atoms. The van der Waals surface area contributed by atoms with E-state index in [0.29, 0.717) is 0 Å². The highest BCUT2D eigenvalue weighted by atomic mass is 32.1. The second-order valence-electron chi connectivity index (χ2n) is 4.41. The molecule has 1 aliphatic heterocycles. The molecular weight excluding hydrogens is 282 g/mol. The van der Waals surface area contributed by atoms with E-state index in [4.69, 9.17) is 17.0 Å². The van der Waals surface area contributed by atoms with Crippen molar-refractivity contribution >= 4 is 35.0 Å². The van der Waals surface area contributed by atoms with Gasteiger partial charge in [-0.25, -0.2) is 4.79 Å². The Morgan fingerprint density at radius 3 is 2.65 bits per heavy atom. The lowest BCUT2D eigenvalue weighted by Crippen LogP contribution is -2.73. The molecule has 0 aromatic heterocycles. The van der Waals surface area contributed by atoms with Gasteiger partial charge in [0.15, 0.2) is 16.6 Å². The first-order chi connectivity index (χ1) is 9.34. The molecule has 0 radical (unpaired) electrons. The number of nitrogens with one attached hydrogen (secondary N) is 2. The number of ketones is 1. The highest BCUT2D eigenvalue weighted by Gasteiger charge is 2.59. The maximum absolute atomic E-state index is 12.2. The lowest BCUT2D eigenvalue weighted by molar-refractivity contribution is -0.158. The van der Waals surface area contributed by atoms with Crippen molar-refractivity contribution in [3.05, 3.63) is 0 Å². The summed E-state index contributed by atoms with van der Waals surface area (Å²) in [6.45, 7) is 3.10. The number of Topliss-reactive ketones (excluding diaryl/α,β-unsaturated/α-hetero) is 1. The van der Waals surface area contributed by atoms with Gasteiger partial charge in [0.2, 0.25) is 5.91 Å². The Hall–Kier alpha value is -2.01. The van der Waals surface area contributed by atoms with Gasteiger partial charge >= 0.3 is 5.97 Å². The van der Waals surface area contributed by atoms with E-state index in [9.17, 15) is 19.6 Å². The summed E-state index contributed by atoms with van der Waals surface area (Å²) in [5.74, 6) is -4.21. The van der Waals surface area contributed by atoms with Crippen LogP contribution in [0.2, 0.25) is 0 Å². The Balaban J connectivity index is 3.45. The molecule has 0 unspecified atom stereocenters. The number of ether oxygens (including phenoxy) is 1. The van der Waals surface area contributed by atoms with E-state index in [1.54, 1.807) is 13.0 Å². The molecule has 0 bridgehead atoms. The van der Waals surface area contributed by atoms with E-state index in [2.05, 4.69) is 10.6 Å². The van der Waals surface area contributed by atoms with Crippen LogP contribution in [0.25, 0.3) is 0 Å². The van der Waals surface area contributed by atoms with E-state index >= 15 is 0 Å². The topological polar surface area (TPSA) is 108 Å². The molecule has 1 aliphatic rings. The Morgan fingerprint density at radius 2 is 2.20 bits per heavy atom. The first-order valence-corrected chi connectivity index (χ1v) is 6.39. The maximum atomic E-state index is 12.2. The number of rotatable bonds is 4. The molecule has 3 atom stereocenters. The Morgan fingerprint density at radius 1 is 1.60 bits per heavy atom. The van der Waals surface area contributed by atoms with Crippen LogP contribution in [0.1, 0.15) is 20.3 Å². The summed E-state index contributed by atoms with van der Waals surface area (Å²) in [5, 5.41) is 14.0. The number of carbonyl (C=O) groups excluding carboxylic acids is 3. The number of amides is 1. The number of thiocarbonyl (C=S) groups is 1. The molecule has 1 rings (SSSR count). The predicted molar refractivity (Wildman–Crippen MR) is 72.2 cm³/mol. The summed E-state index contributed by atoms with van der Waals surface area (Å²) in [5.41, 5.74) is -1.80. The fourth-order valence-electron chi connectivity index (χ4n) is 2.28. The fourth-order valence-corrected chi connectivity index (χ4v) is 2.54. The van der Waals surface area contributed by atoms with Gasteiger partial charge in [-0.2, -0.15) is 5.26 Å². The number of esters is 1. The van der Waals surface area contributed by atoms with Crippen LogP contribution in [-0.4, -0.2) is 35.4 Å². The summed E-state index contributed by atoms with van der Waals surface area (Å²) >= 11 is 4.87. The highest BCUT2D eigenvalue weighted by molar-refractivity contribution is 7.80. The quantitative estimate of drug-likeness (QED) is 0.539. The normalized spacial score (nSPS) is 26.8. The van der Waals surface area contributed by atoms with E-state index in [1.807, 2.05) is 0 Å². The maximum Gasteiger partial charge on any atom is 0.334 e. The third-order valence-corrected chi connectivity index (χ3v) is 3.65. The van der Waals surface area contributed by atoms with Gasteiger partial charge < -0.3 is 15.4 Å². The average molecular weight is 297 g/mol. The van der Waals surface area contributed by atoms with Crippen molar-refractivity contribution in [1.82, 2.24) is 10.6 Å². The summed E-state index contributed by atoms with van der Waals surface area (Å²) in [4.78, 5) is 36.1. The minimum atomic E-state index is -1.80. The van der Waals surface area contributed by atoms with Gasteiger partial charge in [0.1, 0.15) is 5.78 Å². The zero-order valence-electron chi connectivity index (χ0n) is 11.4. The molecule has 0 aliphatic carbocycles. The fraction of sp³-hybridized carbons (Fsp3) is 0.583. The SMILES string of the molecule is CCC(=O)[C@H](C)[C@@]1(C(=O)OC)NC(=S)NC(=O)[C@H]1C#N. The van der Waals surface area contributed by atoms with Crippen LogP contribution in [-0.2, 0) is 19.1 Å². The third kappa shape index (κ3) is 2.36. The minimum absolute atomic E-state index is 0.109. The zero-order chi connectivity index (χ0) is 15.5. The molecule has 108 valence electrons. The molecule has 8 heteroatoms. The number of carbonyl (C=O) groups is 3. The molecule has 20 heavy (non-hydrogen) atoms. The van der Waals surface area contributed by atoms with Crippen molar-refractivity contribution < 1.29 is 19.1 Å². The molecule has 1 fully saturated rings. The number of hydrogen-bond donors (Lipinski definition) is 2. The van der Waals surface area contributed by atoms with Gasteiger partial charge in [0.05, 0.1) is 19.1 Å². The van der Waals surface area contributed by atoms with E-state index < -0.39 is 29.3 Å². The van der Waals surface area contributed by atoms with Crippen LogP contribution in [0, 0.1) is 23.2 Å². The summed E-state index contributed by atoms with van der Waals surface area (Å²) in [7, 11) is 1.12. The van der Waals surface area contributed by atoms with Crippen LogP contribution < -0.4 is 10.6 Å². The van der Waals surface area contributed by atoms with Crippen LogP contribution in [0.15, 0.2) is 0 Å². The molecule has 0 aromatic rings. The smallest absolute Gasteiger partial charge is 0.334 e. The van der Waals surface area contributed by atoms with Gasteiger partial charge in [-0.15, -0.1) is 0 Å². The second-order valence-corrected chi connectivity index (χ2v) is 4.82. The van der Waals surface area contributed by atoms with Crippen LogP contribution in [0.4, 0.5) is 0 Å². The third-order valence-electron chi connectivity index (χ3n) is 3.44. The number of hydrogen-bond acceptors (Lipinski definition) is 6. The standard InChI is InChI=1S/C12H15N3O4S/c1-4-8(16)6(2)12(10(18)19-3)7(5-13)9(17)14-11(20)15-12/h6-7H,4H2,1-3H3,(H2,14,15,17,20)/t6-,7+,12+/m0/s1. The van der Waals surface area contributed by atoms with Crippen molar-refractivity contribution in [3.63, 3.8) is 0 Å². The van der Waals surface area contributed by atoms with Crippen molar-refractivity contribution in [3.8, 4) is 6.07 Å². The Labute approximate surface area is 121 Å². The molecule has 1 heterocycles. The molecular formula is C12H15N3O4S. The monoisotopic (exact) mass is 297 g/mol. The van der Waals surface area contributed by atoms with E-state index in [0.717, 1.165) is 7.11 Å². The minimum Gasteiger partial charge on any atom is -0.467 e. The van der Waals surface area contributed by atoms with Gasteiger partial charge in [-0.1, -0.05) is 13.8 Å². The molecule has 1 amide bonds. The first kappa shape index (κ1) is 16.0. The molecule has 2 N–H and O–H groups in total. The van der Waals surface area contributed by atoms with Crippen molar-refractivity contribution in [2.45, 2.75) is 25.8 Å². The van der Waals surface area contributed by atoms with E-state index in [1.165, 1.54) is 6.92 Å². The van der Waals surface area contributed by atoms with Gasteiger partial charge in [0.25, 0.3) is 0 Å². The number of nitrogens with zero attached hydrogens (tertiary/aromatic N) is 1. The van der Waals surface area contributed by atoms with Gasteiger partial charge in [-0.3, -0.25) is 9.59 Å². The Kier molecular flexibility index (Phi) is 4.78. The molecule has 7 nitrogen and oxygen atoms in total. The van der Waals surface area contributed by atoms with Crippen molar-refractivity contribution in [1.29, 1.82) is 5.26 Å². The van der Waals surface area contributed by atoms with Gasteiger partial charge in [0, 0.05) is 6.42 Å². The Bertz CT molecular complexity index is 513. The predicted octanol–water partition coefficient (Wildman–Crippen LogP) is -0.343. The first-order valence-electron chi connectivity index (χ1n) is 5.98. The van der Waals surface area contributed by atoms with Crippen LogP contribution in [0.5, 0.6) is 0 Å². The molecule has 0 aromatic carbocycles.